The first-order valence-electron chi connectivity index (χ1n) is 6.55. The van der Waals surface area contributed by atoms with Crippen molar-refractivity contribution in [2.45, 2.75) is 32.2 Å². The molecule has 0 amide bonds. The van der Waals surface area contributed by atoms with Gasteiger partial charge in [0.2, 0.25) is 0 Å². The summed E-state index contributed by atoms with van der Waals surface area (Å²) in [6, 6.07) is 5.83. The Morgan fingerprint density at radius 1 is 1.26 bits per heavy atom. The summed E-state index contributed by atoms with van der Waals surface area (Å²) in [4.78, 5) is 0. The Bertz CT molecular complexity index is 400. The van der Waals surface area contributed by atoms with Crippen LogP contribution in [0.2, 0.25) is 0 Å². The molecule has 3 N–H and O–H groups in total. The van der Waals surface area contributed by atoms with Crippen LogP contribution in [0, 0.1) is 6.92 Å². The molecular formula is C15H25NO3. The molecule has 0 fully saturated rings. The van der Waals surface area contributed by atoms with Gasteiger partial charge in [-0.1, -0.05) is 31.5 Å². The Kier molecular flexibility index (Phi) is 5.79. The Hall–Kier alpha value is -1.10. The number of nitrogens with one attached hydrogen (secondary N) is 1. The van der Waals surface area contributed by atoms with Crippen molar-refractivity contribution < 1.29 is 14.9 Å². The molecule has 1 aromatic rings. The van der Waals surface area contributed by atoms with E-state index in [9.17, 15) is 0 Å². The van der Waals surface area contributed by atoms with Gasteiger partial charge in [0, 0.05) is 17.5 Å². The van der Waals surface area contributed by atoms with Crippen molar-refractivity contribution in [1.82, 2.24) is 5.32 Å². The summed E-state index contributed by atoms with van der Waals surface area (Å²) in [5.41, 5.74) is 2.15. The van der Waals surface area contributed by atoms with Gasteiger partial charge in [0.05, 0.1) is 26.4 Å². The number of rotatable bonds is 7. The number of aliphatic hydroxyl groups excluding tert-OH is 2. The average Bonchev–Trinajstić information content (AvgIpc) is 2.39. The van der Waals surface area contributed by atoms with Gasteiger partial charge in [-0.25, -0.2) is 0 Å². The highest BCUT2D eigenvalue weighted by atomic mass is 16.5. The Morgan fingerprint density at radius 2 is 1.89 bits per heavy atom. The van der Waals surface area contributed by atoms with E-state index in [0.717, 1.165) is 11.3 Å². The van der Waals surface area contributed by atoms with Gasteiger partial charge in [0.1, 0.15) is 5.75 Å². The van der Waals surface area contributed by atoms with Crippen molar-refractivity contribution in [3.8, 4) is 5.75 Å². The van der Waals surface area contributed by atoms with E-state index in [0.29, 0.717) is 6.54 Å². The lowest BCUT2D eigenvalue weighted by molar-refractivity contribution is 0.166. The van der Waals surface area contributed by atoms with Gasteiger partial charge in [0.25, 0.3) is 0 Å². The maximum Gasteiger partial charge on any atom is 0.122 e. The second-order valence-electron chi connectivity index (χ2n) is 5.53. The molecular weight excluding hydrogens is 242 g/mol. The van der Waals surface area contributed by atoms with Crippen LogP contribution in [0.3, 0.4) is 0 Å². The topological polar surface area (TPSA) is 61.7 Å². The van der Waals surface area contributed by atoms with Gasteiger partial charge in [-0.2, -0.15) is 0 Å². The van der Waals surface area contributed by atoms with E-state index in [4.69, 9.17) is 14.9 Å². The monoisotopic (exact) mass is 267 g/mol. The maximum absolute atomic E-state index is 9.09. The van der Waals surface area contributed by atoms with E-state index < -0.39 is 0 Å². The summed E-state index contributed by atoms with van der Waals surface area (Å²) in [5, 5.41) is 21.4. The van der Waals surface area contributed by atoms with E-state index >= 15 is 0 Å². The molecule has 4 heteroatoms. The van der Waals surface area contributed by atoms with Crippen molar-refractivity contribution in [1.29, 1.82) is 0 Å². The van der Waals surface area contributed by atoms with Crippen LogP contribution >= 0.6 is 0 Å². The minimum Gasteiger partial charge on any atom is -0.496 e. The average molecular weight is 267 g/mol. The molecule has 0 saturated heterocycles. The molecule has 108 valence electrons. The molecule has 0 unspecified atom stereocenters. The molecule has 0 aromatic heterocycles. The summed E-state index contributed by atoms with van der Waals surface area (Å²) in [7, 11) is 1.67. The molecule has 0 radical (unpaired) electrons. The van der Waals surface area contributed by atoms with Crippen LogP contribution in [0.5, 0.6) is 5.75 Å². The van der Waals surface area contributed by atoms with Gasteiger partial charge in [-0.05, 0) is 13.0 Å². The maximum atomic E-state index is 9.09. The summed E-state index contributed by atoms with van der Waals surface area (Å²) in [6.45, 7) is 6.79. The van der Waals surface area contributed by atoms with Crippen molar-refractivity contribution in [2.75, 3.05) is 26.9 Å². The predicted octanol–water partition coefficient (Wildman–Crippen LogP) is 1.22. The van der Waals surface area contributed by atoms with Crippen LogP contribution in [-0.4, -0.2) is 43.1 Å². The Labute approximate surface area is 115 Å². The van der Waals surface area contributed by atoms with Crippen LogP contribution in [0.15, 0.2) is 18.2 Å². The largest absolute Gasteiger partial charge is 0.496 e. The number of ether oxygens (including phenoxy) is 1. The Morgan fingerprint density at radius 3 is 2.42 bits per heavy atom. The second kappa shape index (κ2) is 6.89. The molecule has 0 heterocycles. The van der Waals surface area contributed by atoms with E-state index in [1.165, 1.54) is 5.56 Å². The molecule has 1 aromatic carbocycles. The van der Waals surface area contributed by atoms with Crippen LogP contribution in [0.1, 0.15) is 25.0 Å². The lowest BCUT2D eigenvalue weighted by Crippen LogP contribution is -2.43. The first-order valence-corrected chi connectivity index (χ1v) is 6.55. The quantitative estimate of drug-likeness (QED) is 0.695. The number of aryl methyl sites for hydroxylation is 1. The fourth-order valence-electron chi connectivity index (χ4n) is 2.03. The first-order chi connectivity index (χ1) is 8.94. The third-order valence-electron chi connectivity index (χ3n) is 3.36. The van der Waals surface area contributed by atoms with Gasteiger partial charge < -0.3 is 20.3 Å². The summed E-state index contributed by atoms with van der Waals surface area (Å²) < 4.78 is 5.42. The molecule has 0 aliphatic rings. The third kappa shape index (κ3) is 4.20. The molecule has 0 saturated carbocycles. The normalized spacial score (nSPS) is 11.9. The number of benzene rings is 1. The molecule has 1 rings (SSSR count). The highest BCUT2D eigenvalue weighted by Crippen LogP contribution is 2.32. The van der Waals surface area contributed by atoms with E-state index in [1.807, 2.05) is 12.1 Å². The fourth-order valence-corrected chi connectivity index (χ4v) is 2.03. The fraction of sp³-hybridized carbons (Fsp3) is 0.600. The van der Waals surface area contributed by atoms with Gasteiger partial charge in [-0.15, -0.1) is 0 Å². The molecule has 0 spiro atoms. The first kappa shape index (κ1) is 16.0. The minimum atomic E-state index is -0.282. The standard InChI is InChI=1S/C15H25NO3/c1-11-5-6-14(19-4)13(7-11)15(2,3)10-16-12(8-17)9-18/h5-7,12,16-18H,8-10H2,1-4H3. The van der Waals surface area contributed by atoms with E-state index in [2.05, 4.69) is 32.2 Å². The summed E-state index contributed by atoms with van der Waals surface area (Å²) in [5.74, 6) is 0.863. The number of aliphatic hydroxyl groups is 2. The molecule has 0 aliphatic heterocycles. The number of hydrogen-bond donors (Lipinski definition) is 3. The lowest BCUT2D eigenvalue weighted by atomic mass is 9.83. The van der Waals surface area contributed by atoms with E-state index in [-0.39, 0.29) is 24.7 Å². The SMILES string of the molecule is COc1ccc(C)cc1C(C)(C)CNC(CO)CO. The van der Waals surface area contributed by atoms with Crippen molar-refractivity contribution in [3.05, 3.63) is 29.3 Å². The Balaban J connectivity index is 2.89. The zero-order valence-corrected chi connectivity index (χ0v) is 12.2. The van der Waals surface area contributed by atoms with Gasteiger partial charge in [-0.3, -0.25) is 0 Å². The summed E-state index contributed by atoms with van der Waals surface area (Å²) >= 11 is 0. The van der Waals surface area contributed by atoms with Crippen LogP contribution in [0.25, 0.3) is 0 Å². The van der Waals surface area contributed by atoms with Crippen LogP contribution in [-0.2, 0) is 5.41 Å². The number of methoxy groups -OCH3 is 1. The van der Waals surface area contributed by atoms with Crippen LogP contribution in [0.4, 0.5) is 0 Å². The lowest BCUT2D eigenvalue weighted by Gasteiger charge is -2.29. The minimum absolute atomic E-state index is 0.0719. The molecule has 19 heavy (non-hydrogen) atoms. The zero-order valence-electron chi connectivity index (χ0n) is 12.2. The highest BCUT2D eigenvalue weighted by molar-refractivity contribution is 5.41. The predicted molar refractivity (Wildman–Crippen MR) is 76.7 cm³/mol. The zero-order chi connectivity index (χ0) is 14.5. The molecule has 0 aliphatic carbocycles. The highest BCUT2D eigenvalue weighted by Gasteiger charge is 2.25. The van der Waals surface area contributed by atoms with Crippen LogP contribution < -0.4 is 10.1 Å². The van der Waals surface area contributed by atoms with Gasteiger partial charge in [0.15, 0.2) is 0 Å². The number of hydrogen-bond acceptors (Lipinski definition) is 4. The second-order valence-corrected chi connectivity index (χ2v) is 5.53. The molecule has 0 bridgehead atoms. The molecule has 4 nitrogen and oxygen atoms in total. The smallest absolute Gasteiger partial charge is 0.122 e. The summed E-state index contributed by atoms with van der Waals surface area (Å²) in [6.07, 6.45) is 0. The van der Waals surface area contributed by atoms with Gasteiger partial charge >= 0.3 is 0 Å². The third-order valence-corrected chi connectivity index (χ3v) is 3.36. The van der Waals surface area contributed by atoms with E-state index in [1.54, 1.807) is 7.11 Å². The molecule has 0 atom stereocenters. The van der Waals surface area contributed by atoms with Crippen molar-refractivity contribution >= 4 is 0 Å². The van der Waals surface area contributed by atoms with Crippen molar-refractivity contribution in [3.63, 3.8) is 0 Å². The van der Waals surface area contributed by atoms with Crippen molar-refractivity contribution in [2.24, 2.45) is 0 Å².